The van der Waals surface area contributed by atoms with Gasteiger partial charge in [0, 0.05) is 19.6 Å². The Balaban J connectivity index is 1.85. The summed E-state index contributed by atoms with van der Waals surface area (Å²) in [6.45, 7) is 7.17. The first-order valence-electron chi connectivity index (χ1n) is 7.08. The third kappa shape index (κ3) is 3.52. The molecule has 1 aromatic heterocycles. The molecule has 1 N–H and O–H groups in total. The Morgan fingerprint density at radius 2 is 2.35 bits per heavy atom. The molecule has 0 bridgehead atoms. The minimum atomic E-state index is -0.00861. The van der Waals surface area contributed by atoms with Crippen molar-refractivity contribution in [1.82, 2.24) is 15.1 Å². The summed E-state index contributed by atoms with van der Waals surface area (Å²) < 4.78 is 7.30. The molecule has 1 aromatic rings. The summed E-state index contributed by atoms with van der Waals surface area (Å²) in [5.74, 6) is 0.0247. The molecule has 1 saturated heterocycles. The minimum Gasteiger partial charge on any atom is -0.376 e. The summed E-state index contributed by atoms with van der Waals surface area (Å²) in [6.07, 6.45) is 2.69. The van der Waals surface area contributed by atoms with Crippen molar-refractivity contribution >= 4 is 17.5 Å². The number of ether oxygens (including phenoxy) is 1. The van der Waals surface area contributed by atoms with E-state index in [1.807, 2.05) is 25.5 Å². The summed E-state index contributed by atoms with van der Waals surface area (Å²) in [5, 5.41) is 7.99. The molecule has 112 valence electrons. The second kappa shape index (κ2) is 6.59. The number of nitrogens with one attached hydrogen (secondary N) is 1. The smallest absolute Gasteiger partial charge is 0.222 e. The van der Waals surface area contributed by atoms with E-state index >= 15 is 0 Å². The molecule has 2 heterocycles. The summed E-state index contributed by atoms with van der Waals surface area (Å²) in [4.78, 5) is 11.9. The molecule has 1 aliphatic heterocycles. The van der Waals surface area contributed by atoms with Gasteiger partial charge in [-0.2, -0.15) is 5.10 Å². The highest BCUT2D eigenvalue weighted by atomic mass is 35.5. The third-order valence-corrected chi connectivity index (χ3v) is 4.23. The molecule has 1 fully saturated rings. The van der Waals surface area contributed by atoms with Crippen LogP contribution in [-0.4, -0.2) is 34.9 Å². The van der Waals surface area contributed by atoms with Crippen molar-refractivity contribution in [2.75, 3.05) is 13.2 Å². The van der Waals surface area contributed by atoms with Crippen LogP contribution in [0.3, 0.4) is 0 Å². The van der Waals surface area contributed by atoms with Crippen LogP contribution >= 0.6 is 11.6 Å². The Labute approximate surface area is 124 Å². The summed E-state index contributed by atoms with van der Waals surface area (Å²) in [6, 6.07) is -0.00861. The highest BCUT2D eigenvalue weighted by Gasteiger charge is 2.19. The first kappa shape index (κ1) is 15.3. The molecular formula is C14H22ClN3O2. The number of rotatable bonds is 5. The molecule has 5 nitrogen and oxygen atoms in total. The van der Waals surface area contributed by atoms with Crippen molar-refractivity contribution in [3.05, 3.63) is 16.4 Å². The van der Waals surface area contributed by atoms with E-state index in [4.69, 9.17) is 16.3 Å². The first-order valence-corrected chi connectivity index (χ1v) is 7.46. The van der Waals surface area contributed by atoms with Gasteiger partial charge in [0.05, 0.1) is 28.6 Å². The van der Waals surface area contributed by atoms with E-state index in [0.717, 1.165) is 30.8 Å². The Morgan fingerprint density at radius 3 is 2.90 bits per heavy atom. The average Bonchev–Trinajstić information content (AvgIpc) is 3.01. The van der Waals surface area contributed by atoms with E-state index in [9.17, 15) is 4.79 Å². The molecule has 2 rings (SSSR count). The quantitative estimate of drug-likeness (QED) is 0.908. The SMILES string of the molecule is Cc1nn(C(C)CC(=O)NCC2CCCO2)c(C)c1Cl. The molecule has 6 heteroatoms. The topological polar surface area (TPSA) is 56.2 Å². The van der Waals surface area contributed by atoms with Crippen molar-refractivity contribution in [2.24, 2.45) is 0 Å². The van der Waals surface area contributed by atoms with Crippen LogP contribution < -0.4 is 5.32 Å². The fourth-order valence-corrected chi connectivity index (χ4v) is 2.66. The average molecular weight is 300 g/mol. The Kier molecular flexibility index (Phi) is 5.05. The molecule has 20 heavy (non-hydrogen) atoms. The summed E-state index contributed by atoms with van der Waals surface area (Å²) in [5.41, 5.74) is 1.71. The van der Waals surface area contributed by atoms with E-state index in [2.05, 4.69) is 10.4 Å². The molecule has 0 radical (unpaired) electrons. The number of aromatic nitrogens is 2. The second-order valence-electron chi connectivity index (χ2n) is 5.42. The van der Waals surface area contributed by atoms with Crippen LogP contribution in [0.2, 0.25) is 5.02 Å². The largest absolute Gasteiger partial charge is 0.376 e. The van der Waals surface area contributed by atoms with E-state index in [0.29, 0.717) is 18.0 Å². The number of hydrogen-bond acceptors (Lipinski definition) is 3. The van der Waals surface area contributed by atoms with E-state index in [1.165, 1.54) is 0 Å². The third-order valence-electron chi connectivity index (χ3n) is 3.69. The molecule has 1 aliphatic rings. The summed E-state index contributed by atoms with van der Waals surface area (Å²) >= 11 is 6.13. The van der Waals surface area contributed by atoms with Gasteiger partial charge < -0.3 is 10.1 Å². The molecule has 0 aliphatic carbocycles. The predicted molar refractivity (Wildman–Crippen MR) is 78.0 cm³/mol. The number of aryl methyl sites for hydroxylation is 1. The highest BCUT2D eigenvalue weighted by molar-refractivity contribution is 6.31. The molecule has 2 atom stereocenters. The Morgan fingerprint density at radius 1 is 1.60 bits per heavy atom. The van der Waals surface area contributed by atoms with Crippen molar-refractivity contribution in [2.45, 2.75) is 52.2 Å². The van der Waals surface area contributed by atoms with Gasteiger partial charge in [-0.3, -0.25) is 9.48 Å². The van der Waals surface area contributed by atoms with Crippen LogP contribution in [0.1, 0.15) is 43.6 Å². The number of amides is 1. The number of hydrogen-bond donors (Lipinski definition) is 1. The Hall–Kier alpha value is -1.07. The van der Waals surface area contributed by atoms with Crippen molar-refractivity contribution in [3.63, 3.8) is 0 Å². The predicted octanol–water partition coefficient (Wildman–Crippen LogP) is 2.40. The zero-order valence-corrected chi connectivity index (χ0v) is 13.0. The maximum atomic E-state index is 11.9. The number of carbonyl (C=O) groups is 1. The van der Waals surface area contributed by atoms with Crippen molar-refractivity contribution in [1.29, 1.82) is 0 Å². The second-order valence-corrected chi connectivity index (χ2v) is 5.80. The van der Waals surface area contributed by atoms with Gasteiger partial charge in [-0.05, 0) is 33.6 Å². The monoisotopic (exact) mass is 299 g/mol. The standard InChI is InChI=1S/C14H22ClN3O2/c1-9(18-11(3)14(15)10(2)17-18)7-13(19)16-8-12-5-4-6-20-12/h9,12H,4-8H2,1-3H3,(H,16,19). The highest BCUT2D eigenvalue weighted by Crippen LogP contribution is 2.23. The minimum absolute atomic E-state index is 0.00861. The molecule has 0 spiro atoms. The van der Waals surface area contributed by atoms with Gasteiger partial charge in [-0.1, -0.05) is 11.6 Å². The molecule has 0 saturated carbocycles. The van der Waals surface area contributed by atoms with Gasteiger partial charge in [-0.15, -0.1) is 0 Å². The van der Waals surface area contributed by atoms with Crippen LogP contribution in [0, 0.1) is 13.8 Å². The zero-order valence-electron chi connectivity index (χ0n) is 12.3. The molecule has 1 amide bonds. The zero-order chi connectivity index (χ0) is 14.7. The summed E-state index contributed by atoms with van der Waals surface area (Å²) in [7, 11) is 0. The van der Waals surface area contributed by atoms with Gasteiger partial charge in [0.25, 0.3) is 0 Å². The van der Waals surface area contributed by atoms with Gasteiger partial charge >= 0.3 is 0 Å². The van der Waals surface area contributed by atoms with Crippen LogP contribution in [0.5, 0.6) is 0 Å². The molecule has 2 unspecified atom stereocenters. The number of carbonyl (C=O) groups excluding carboxylic acids is 1. The van der Waals surface area contributed by atoms with Crippen molar-refractivity contribution < 1.29 is 9.53 Å². The lowest BCUT2D eigenvalue weighted by molar-refractivity contribution is -0.122. The first-order chi connectivity index (χ1) is 9.49. The lowest BCUT2D eigenvalue weighted by Gasteiger charge is -2.15. The van der Waals surface area contributed by atoms with E-state index in [-0.39, 0.29) is 18.1 Å². The fourth-order valence-electron chi connectivity index (χ4n) is 2.53. The van der Waals surface area contributed by atoms with Crippen LogP contribution in [-0.2, 0) is 9.53 Å². The van der Waals surface area contributed by atoms with E-state index in [1.54, 1.807) is 0 Å². The van der Waals surface area contributed by atoms with Crippen LogP contribution in [0.4, 0.5) is 0 Å². The van der Waals surface area contributed by atoms with Crippen LogP contribution in [0.25, 0.3) is 0 Å². The van der Waals surface area contributed by atoms with Crippen LogP contribution in [0.15, 0.2) is 0 Å². The van der Waals surface area contributed by atoms with Crippen molar-refractivity contribution in [3.8, 4) is 0 Å². The lowest BCUT2D eigenvalue weighted by atomic mass is 10.2. The molecular weight excluding hydrogens is 278 g/mol. The lowest BCUT2D eigenvalue weighted by Crippen LogP contribution is -2.33. The van der Waals surface area contributed by atoms with Gasteiger partial charge in [-0.25, -0.2) is 0 Å². The van der Waals surface area contributed by atoms with E-state index < -0.39 is 0 Å². The fraction of sp³-hybridized carbons (Fsp3) is 0.714. The number of nitrogens with zero attached hydrogens (tertiary/aromatic N) is 2. The van der Waals surface area contributed by atoms with Gasteiger partial charge in [0.15, 0.2) is 0 Å². The maximum absolute atomic E-state index is 11.9. The van der Waals surface area contributed by atoms with Gasteiger partial charge in [0.2, 0.25) is 5.91 Å². The van der Waals surface area contributed by atoms with Gasteiger partial charge in [0.1, 0.15) is 0 Å². The molecule has 0 aromatic carbocycles. The Bertz CT molecular complexity index is 481. The number of halogens is 1. The normalized spacial score (nSPS) is 20.1. The maximum Gasteiger partial charge on any atom is 0.222 e.